The van der Waals surface area contributed by atoms with Gasteiger partial charge in [0, 0.05) is 38.5 Å². The molecular weight excluding hydrogens is 346 g/mol. The van der Waals surface area contributed by atoms with Gasteiger partial charge in [0.25, 0.3) is 0 Å². The molecule has 6 nitrogen and oxygen atoms in total. The molecule has 3 rings (SSSR count). The van der Waals surface area contributed by atoms with E-state index in [-0.39, 0.29) is 36.0 Å². The normalized spacial score (nSPS) is 29.1. The quantitative estimate of drug-likeness (QED) is 0.491. The van der Waals surface area contributed by atoms with Crippen molar-refractivity contribution in [1.82, 2.24) is 4.90 Å². The first kappa shape index (κ1) is 20.7. The van der Waals surface area contributed by atoms with Crippen LogP contribution in [0, 0.1) is 5.92 Å². The highest BCUT2D eigenvalue weighted by Crippen LogP contribution is 2.28. The Bertz CT molecular complexity index is 469. The molecule has 4 unspecified atom stereocenters. The van der Waals surface area contributed by atoms with E-state index in [0.717, 1.165) is 77.4 Å². The van der Waals surface area contributed by atoms with Gasteiger partial charge >= 0.3 is 0 Å². The number of aliphatic hydroxyl groups excluding tert-OH is 1. The Morgan fingerprint density at radius 2 is 1.48 bits per heavy atom. The van der Waals surface area contributed by atoms with E-state index >= 15 is 0 Å². The van der Waals surface area contributed by atoms with Gasteiger partial charge in [-0.05, 0) is 51.4 Å². The number of nitrogens with zero attached hydrogens (tertiary/aromatic N) is 1. The van der Waals surface area contributed by atoms with Crippen LogP contribution >= 0.6 is 0 Å². The van der Waals surface area contributed by atoms with Crippen LogP contribution in [-0.4, -0.2) is 59.9 Å². The second-order valence-electron chi connectivity index (χ2n) is 8.32. The van der Waals surface area contributed by atoms with Crippen LogP contribution in [0.3, 0.4) is 0 Å². The fourth-order valence-corrected chi connectivity index (χ4v) is 4.61. The van der Waals surface area contributed by atoms with E-state index in [9.17, 15) is 14.7 Å². The number of aliphatic hydroxyl groups is 1. The number of ether oxygens (including phenoxy) is 2. The second kappa shape index (κ2) is 10.5. The Morgan fingerprint density at radius 1 is 0.889 bits per heavy atom. The molecule has 6 heteroatoms. The average molecular weight is 382 g/mol. The van der Waals surface area contributed by atoms with Crippen molar-refractivity contribution in [2.45, 2.75) is 95.4 Å². The predicted octanol–water partition coefficient (Wildman–Crippen LogP) is 2.81. The molecule has 2 amide bonds. The van der Waals surface area contributed by atoms with E-state index < -0.39 is 0 Å². The fourth-order valence-electron chi connectivity index (χ4n) is 4.61. The summed E-state index contributed by atoms with van der Waals surface area (Å²) in [6, 6.07) is 0. The maximum Gasteiger partial charge on any atom is 0.229 e. The average Bonchev–Trinajstić information content (AvgIpc) is 3.03. The molecule has 0 bridgehead atoms. The van der Waals surface area contributed by atoms with Gasteiger partial charge in [-0.2, -0.15) is 0 Å². The molecule has 27 heavy (non-hydrogen) atoms. The third kappa shape index (κ3) is 6.00. The summed E-state index contributed by atoms with van der Waals surface area (Å²) >= 11 is 0. The third-order valence-corrected chi connectivity index (χ3v) is 6.28. The molecule has 4 atom stereocenters. The fraction of sp³-hybridized carbons (Fsp3) is 0.905. The Labute approximate surface area is 162 Å². The molecule has 0 aromatic carbocycles. The maximum absolute atomic E-state index is 12.0. The summed E-state index contributed by atoms with van der Waals surface area (Å²) in [5.41, 5.74) is 0. The van der Waals surface area contributed by atoms with Gasteiger partial charge in [-0.3, -0.25) is 14.5 Å². The Morgan fingerprint density at radius 3 is 2.07 bits per heavy atom. The highest BCUT2D eigenvalue weighted by molar-refractivity contribution is 6.01. The van der Waals surface area contributed by atoms with E-state index in [1.165, 1.54) is 4.90 Å². The van der Waals surface area contributed by atoms with Crippen LogP contribution in [0.5, 0.6) is 0 Å². The first-order valence-corrected chi connectivity index (χ1v) is 10.9. The third-order valence-electron chi connectivity index (χ3n) is 6.28. The van der Waals surface area contributed by atoms with Gasteiger partial charge in [0.15, 0.2) is 0 Å². The highest BCUT2D eigenvalue weighted by Gasteiger charge is 2.34. The first-order chi connectivity index (χ1) is 13.1. The zero-order valence-corrected chi connectivity index (χ0v) is 16.4. The van der Waals surface area contributed by atoms with Crippen molar-refractivity contribution >= 4 is 11.8 Å². The second-order valence-corrected chi connectivity index (χ2v) is 8.32. The van der Waals surface area contributed by atoms with Gasteiger partial charge in [0.1, 0.15) is 0 Å². The van der Waals surface area contributed by atoms with Crippen LogP contribution in [0.4, 0.5) is 0 Å². The van der Waals surface area contributed by atoms with Crippen LogP contribution in [0.2, 0.25) is 0 Å². The minimum Gasteiger partial charge on any atom is -0.390 e. The molecule has 154 valence electrons. The van der Waals surface area contributed by atoms with Crippen molar-refractivity contribution in [1.29, 1.82) is 0 Å². The number of hydrogen-bond acceptors (Lipinski definition) is 5. The number of unbranched alkanes of at least 4 members (excludes halogenated alkanes) is 1. The van der Waals surface area contributed by atoms with Crippen molar-refractivity contribution in [3.05, 3.63) is 0 Å². The number of likely N-dealkylation sites (tertiary alicyclic amines) is 1. The topological polar surface area (TPSA) is 76.1 Å². The van der Waals surface area contributed by atoms with Gasteiger partial charge in [0.05, 0.1) is 18.3 Å². The maximum atomic E-state index is 12.0. The van der Waals surface area contributed by atoms with Crippen molar-refractivity contribution in [3.63, 3.8) is 0 Å². The van der Waals surface area contributed by atoms with Crippen molar-refractivity contribution in [2.24, 2.45) is 5.92 Å². The zero-order valence-electron chi connectivity index (χ0n) is 16.4. The van der Waals surface area contributed by atoms with Crippen molar-refractivity contribution in [3.8, 4) is 0 Å². The summed E-state index contributed by atoms with van der Waals surface area (Å²) in [5, 5.41) is 10.3. The lowest BCUT2D eigenvalue weighted by Crippen LogP contribution is -2.40. The molecule has 3 aliphatic rings. The standard InChI is InChI=1S/C21H35NO5/c23-17(19-10-4-6-14-27-19)8-2-1-7-16(18-9-3-5-13-26-18)15-22-20(24)11-12-21(22)25/h16-19,23H,1-15H2. The van der Waals surface area contributed by atoms with Gasteiger partial charge < -0.3 is 14.6 Å². The lowest BCUT2D eigenvalue weighted by molar-refractivity contribution is -0.140. The Balaban J connectivity index is 1.45. The van der Waals surface area contributed by atoms with Gasteiger partial charge in [-0.25, -0.2) is 0 Å². The molecule has 1 N–H and O–H groups in total. The summed E-state index contributed by atoms with van der Waals surface area (Å²) in [6.07, 6.45) is 10.5. The monoisotopic (exact) mass is 381 g/mol. The number of carbonyl (C=O) groups excluding carboxylic acids is 2. The van der Waals surface area contributed by atoms with Crippen LogP contribution < -0.4 is 0 Å². The van der Waals surface area contributed by atoms with Crippen LogP contribution in [0.25, 0.3) is 0 Å². The smallest absolute Gasteiger partial charge is 0.229 e. The summed E-state index contributed by atoms with van der Waals surface area (Å²) in [6.45, 7) is 2.04. The SMILES string of the molecule is O=C1CCC(=O)N1CC(CCCCC(O)C1CCCCO1)C1CCCCO1. The molecule has 0 spiro atoms. The lowest BCUT2D eigenvalue weighted by atomic mass is 9.89. The Hall–Kier alpha value is -0.980. The molecule has 3 saturated heterocycles. The molecule has 0 saturated carbocycles. The molecule has 3 fully saturated rings. The zero-order chi connectivity index (χ0) is 19.1. The Kier molecular flexibility index (Phi) is 8.09. The highest BCUT2D eigenvalue weighted by atomic mass is 16.5. The minimum absolute atomic E-state index is 0.00364. The molecule has 0 aliphatic carbocycles. The van der Waals surface area contributed by atoms with E-state index in [4.69, 9.17) is 9.47 Å². The predicted molar refractivity (Wildman–Crippen MR) is 101 cm³/mol. The van der Waals surface area contributed by atoms with E-state index in [1.54, 1.807) is 0 Å². The summed E-state index contributed by atoms with van der Waals surface area (Å²) < 4.78 is 11.6. The van der Waals surface area contributed by atoms with Crippen molar-refractivity contribution < 1.29 is 24.2 Å². The van der Waals surface area contributed by atoms with Crippen LogP contribution in [0.15, 0.2) is 0 Å². The van der Waals surface area contributed by atoms with E-state index in [0.29, 0.717) is 19.4 Å². The number of carbonyl (C=O) groups is 2. The van der Waals surface area contributed by atoms with Crippen LogP contribution in [0.1, 0.15) is 77.0 Å². The van der Waals surface area contributed by atoms with Crippen LogP contribution in [-0.2, 0) is 19.1 Å². The molecule has 0 aromatic rings. The van der Waals surface area contributed by atoms with Gasteiger partial charge in [-0.1, -0.05) is 12.8 Å². The summed E-state index contributed by atoms with van der Waals surface area (Å²) in [4.78, 5) is 25.5. The number of rotatable bonds is 9. The number of amides is 2. The molecule has 0 radical (unpaired) electrons. The minimum atomic E-state index is -0.378. The summed E-state index contributed by atoms with van der Waals surface area (Å²) in [7, 11) is 0. The van der Waals surface area contributed by atoms with E-state index in [1.807, 2.05) is 0 Å². The molecular formula is C21H35NO5. The van der Waals surface area contributed by atoms with Crippen molar-refractivity contribution in [2.75, 3.05) is 19.8 Å². The molecule has 3 aliphatic heterocycles. The largest absolute Gasteiger partial charge is 0.390 e. The lowest BCUT2D eigenvalue weighted by Gasteiger charge is -2.33. The van der Waals surface area contributed by atoms with E-state index in [2.05, 4.69) is 0 Å². The van der Waals surface area contributed by atoms with Gasteiger partial charge in [-0.15, -0.1) is 0 Å². The number of hydrogen-bond donors (Lipinski definition) is 1. The van der Waals surface area contributed by atoms with Gasteiger partial charge in [0.2, 0.25) is 11.8 Å². The molecule has 3 heterocycles. The summed E-state index contributed by atoms with van der Waals surface area (Å²) in [5.74, 6) is 0.135. The first-order valence-electron chi connectivity index (χ1n) is 10.9. The molecule has 0 aromatic heterocycles. The number of imide groups is 1.